The van der Waals surface area contributed by atoms with Gasteiger partial charge in [0, 0.05) is 22.1 Å². The maximum absolute atomic E-state index is 12.2. The van der Waals surface area contributed by atoms with Crippen molar-refractivity contribution in [3.63, 3.8) is 0 Å². The van der Waals surface area contributed by atoms with Crippen molar-refractivity contribution in [3.8, 4) is 0 Å². The molecule has 2 aliphatic rings. The summed E-state index contributed by atoms with van der Waals surface area (Å²) < 4.78 is 0.894. The third kappa shape index (κ3) is 3.62. The van der Waals surface area contributed by atoms with Gasteiger partial charge in [0.2, 0.25) is 5.91 Å². The van der Waals surface area contributed by atoms with Gasteiger partial charge in [0.25, 0.3) is 0 Å². The van der Waals surface area contributed by atoms with Crippen molar-refractivity contribution in [1.82, 2.24) is 4.98 Å². The molecule has 0 aliphatic heterocycles. The minimum Gasteiger partial charge on any atom is -0.385 e. The monoisotopic (exact) mass is 400 g/mol. The molecule has 2 N–H and O–H groups in total. The van der Waals surface area contributed by atoms with Gasteiger partial charge >= 0.3 is 0 Å². The summed E-state index contributed by atoms with van der Waals surface area (Å²) in [5, 5.41) is 14.1. The molecule has 5 heteroatoms. The first-order valence-electron chi connectivity index (χ1n) is 8.79. The number of carbonyl (C=O) groups excluding carboxylic acids is 1. The molecule has 0 saturated heterocycles. The Hall–Kier alpha value is -1.72. The summed E-state index contributed by atoms with van der Waals surface area (Å²) in [6, 6.07) is 11.4. The molecule has 0 atom stereocenters. The van der Waals surface area contributed by atoms with Gasteiger partial charge in [0.1, 0.15) is 0 Å². The van der Waals surface area contributed by atoms with Gasteiger partial charge in [-0.15, -0.1) is 0 Å². The average molecular weight is 401 g/mol. The van der Waals surface area contributed by atoms with Gasteiger partial charge in [0.15, 0.2) is 0 Å². The third-order valence-corrected chi connectivity index (χ3v) is 5.63. The summed E-state index contributed by atoms with van der Waals surface area (Å²) in [5.41, 5.74) is 1.81. The largest absolute Gasteiger partial charge is 0.385 e. The van der Waals surface area contributed by atoms with E-state index >= 15 is 0 Å². The molecule has 0 unspecified atom stereocenters. The molecule has 2 aliphatic carbocycles. The molecule has 1 aromatic heterocycles. The molecule has 4 nitrogen and oxygen atoms in total. The van der Waals surface area contributed by atoms with Crippen LogP contribution in [0.15, 0.2) is 47.1 Å². The van der Waals surface area contributed by atoms with Crippen LogP contribution in [0.5, 0.6) is 0 Å². The Balaban J connectivity index is 1.41. The second-order valence-electron chi connectivity index (χ2n) is 7.14. The second-order valence-corrected chi connectivity index (χ2v) is 8.06. The van der Waals surface area contributed by atoms with E-state index < -0.39 is 5.60 Å². The fourth-order valence-corrected chi connectivity index (χ4v) is 3.79. The van der Waals surface area contributed by atoms with Crippen molar-refractivity contribution >= 4 is 27.5 Å². The van der Waals surface area contributed by atoms with E-state index in [9.17, 15) is 9.90 Å². The molecule has 1 heterocycles. The zero-order chi connectivity index (χ0) is 17.4. The highest BCUT2D eigenvalue weighted by Crippen LogP contribution is 2.57. The number of amides is 1. The van der Waals surface area contributed by atoms with E-state index in [1.165, 1.54) is 0 Å². The molecule has 2 aromatic rings. The van der Waals surface area contributed by atoms with Crippen LogP contribution in [-0.2, 0) is 16.8 Å². The molecule has 4 rings (SSSR count). The number of carbonyl (C=O) groups is 1. The standard InChI is InChI=1S/C20H21BrN2O2/c21-16-7-10-18(22-12-16)11-19(24)23-17-8-5-15(6-9-17)20(25,13-1-2-13)14-3-4-14/h5-10,12-14,25H,1-4,11H2,(H,23,24). The Bertz CT molecular complexity index is 753. The molecule has 0 bridgehead atoms. The van der Waals surface area contributed by atoms with E-state index in [4.69, 9.17) is 0 Å². The Morgan fingerprint density at radius 1 is 1.12 bits per heavy atom. The molecule has 2 fully saturated rings. The van der Waals surface area contributed by atoms with Gasteiger partial charge in [-0.3, -0.25) is 9.78 Å². The maximum atomic E-state index is 12.2. The average Bonchev–Trinajstić information content (AvgIpc) is 3.49. The molecular weight excluding hydrogens is 380 g/mol. The zero-order valence-electron chi connectivity index (χ0n) is 13.9. The van der Waals surface area contributed by atoms with Crippen molar-refractivity contribution in [3.05, 3.63) is 58.3 Å². The van der Waals surface area contributed by atoms with Crippen LogP contribution in [-0.4, -0.2) is 16.0 Å². The number of halogens is 1. The Labute approximate surface area is 155 Å². The lowest BCUT2D eigenvalue weighted by Gasteiger charge is -2.29. The van der Waals surface area contributed by atoms with Gasteiger partial charge in [0.05, 0.1) is 12.0 Å². The number of pyridine rings is 1. The van der Waals surface area contributed by atoms with Gasteiger partial charge in [-0.25, -0.2) is 0 Å². The van der Waals surface area contributed by atoms with Crippen LogP contribution in [0.3, 0.4) is 0 Å². The Kier molecular flexibility index (Phi) is 4.38. The fraction of sp³-hybridized carbons (Fsp3) is 0.400. The molecule has 1 aromatic carbocycles. The van der Waals surface area contributed by atoms with E-state index in [0.717, 1.165) is 47.1 Å². The van der Waals surface area contributed by atoms with Crippen molar-refractivity contribution < 1.29 is 9.90 Å². The van der Waals surface area contributed by atoms with Crippen molar-refractivity contribution in [1.29, 1.82) is 0 Å². The highest BCUT2D eigenvalue weighted by atomic mass is 79.9. The molecule has 1 amide bonds. The van der Waals surface area contributed by atoms with Crippen LogP contribution in [0.25, 0.3) is 0 Å². The summed E-state index contributed by atoms with van der Waals surface area (Å²) in [4.78, 5) is 16.4. The van der Waals surface area contributed by atoms with E-state index in [1.807, 2.05) is 36.4 Å². The van der Waals surface area contributed by atoms with Crippen LogP contribution in [0.2, 0.25) is 0 Å². The van der Waals surface area contributed by atoms with Gasteiger partial charge in [-0.05, 0) is 83.3 Å². The van der Waals surface area contributed by atoms with Gasteiger partial charge in [-0.1, -0.05) is 12.1 Å². The number of hydrogen-bond acceptors (Lipinski definition) is 3. The Morgan fingerprint density at radius 3 is 2.28 bits per heavy atom. The highest BCUT2D eigenvalue weighted by Gasteiger charge is 2.54. The highest BCUT2D eigenvalue weighted by molar-refractivity contribution is 9.10. The number of aromatic nitrogens is 1. The van der Waals surface area contributed by atoms with E-state index in [-0.39, 0.29) is 12.3 Å². The summed E-state index contributed by atoms with van der Waals surface area (Å²) >= 11 is 3.33. The fourth-order valence-electron chi connectivity index (χ4n) is 3.55. The first kappa shape index (κ1) is 16.7. The predicted octanol–water partition coefficient (Wildman–Crippen LogP) is 4.03. The van der Waals surface area contributed by atoms with Crippen LogP contribution < -0.4 is 5.32 Å². The van der Waals surface area contributed by atoms with Crippen molar-refractivity contribution in [2.24, 2.45) is 11.8 Å². The Morgan fingerprint density at radius 2 is 1.76 bits per heavy atom. The summed E-state index contributed by atoms with van der Waals surface area (Å²) in [5.74, 6) is 0.718. The quantitative estimate of drug-likeness (QED) is 0.768. The van der Waals surface area contributed by atoms with Crippen LogP contribution >= 0.6 is 15.9 Å². The molecule has 2 saturated carbocycles. The van der Waals surface area contributed by atoms with Gasteiger partial charge in [-0.2, -0.15) is 0 Å². The first-order chi connectivity index (χ1) is 12.1. The lowest BCUT2D eigenvalue weighted by molar-refractivity contribution is -0.115. The minimum absolute atomic E-state index is 0.0952. The number of nitrogens with zero attached hydrogens (tertiary/aromatic N) is 1. The summed E-state index contributed by atoms with van der Waals surface area (Å²) in [6.07, 6.45) is 6.39. The minimum atomic E-state index is -0.663. The predicted molar refractivity (Wildman–Crippen MR) is 100 cm³/mol. The van der Waals surface area contributed by atoms with E-state index in [0.29, 0.717) is 11.8 Å². The lowest BCUT2D eigenvalue weighted by Crippen LogP contribution is -2.31. The smallest absolute Gasteiger partial charge is 0.230 e. The molecule has 0 spiro atoms. The maximum Gasteiger partial charge on any atom is 0.230 e. The van der Waals surface area contributed by atoms with E-state index in [1.54, 1.807) is 6.20 Å². The van der Waals surface area contributed by atoms with Crippen LogP contribution in [0, 0.1) is 11.8 Å². The van der Waals surface area contributed by atoms with Crippen molar-refractivity contribution in [2.75, 3.05) is 5.32 Å². The topological polar surface area (TPSA) is 62.2 Å². The van der Waals surface area contributed by atoms with Gasteiger partial charge < -0.3 is 10.4 Å². The number of anilines is 1. The van der Waals surface area contributed by atoms with Crippen LogP contribution in [0.4, 0.5) is 5.69 Å². The molecule has 0 radical (unpaired) electrons. The summed E-state index contributed by atoms with van der Waals surface area (Å²) in [7, 11) is 0. The molecule has 25 heavy (non-hydrogen) atoms. The molecule has 130 valence electrons. The number of aliphatic hydroxyl groups is 1. The number of hydrogen-bond donors (Lipinski definition) is 2. The number of nitrogens with one attached hydrogen (secondary N) is 1. The van der Waals surface area contributed by atoms with Crippen molar-refractivity contribution in [2.45, 2.75) is 37.7 Å². The summed E-state index contributed by atoms with van der Waals surface area (Å²) in [6.45, 7) is 0. The van der Waals surface area contributed by atoms with Crippen LogP contribution in [0.1, 0.15) is 36.9 Å². The molecular formula is C20H21BrN2O2. The second kappa shape index (κ2) is 6.54. The normalized spacial score (nSPS) is 17.4. The zero-order valence-corrected chi connectivity index (χ0v) is 15.5. The number of benzene rings is 1. The first-order valence-corrected chi connectivity index (χ1v) is 9.58. The third-order valence-electron chi connectivity index (χ3n) is 5.16. The SMILES string of the molecule is O=C(Cc1ccc(Br)cn1)Nc1ccc(C(O)(C2CC2)C2CC2)cc1. The number of rotatable bonds is 6. The van der Waals surface area contributed by atoms with E-state index in [2.05, 4.69) is 26.2 Å². The lowest BCUT2D eigenvalue weighted by atomic mass is 9.84.